The number of aromatic nitrogens is 3. The maximum atomic E-state index is 12.6. The molecule has 29 heavy (non-hydrogen) atoms. The zero-order valence-corrected chi connectivity index (χ0v) is 15.7. The molecule has 0 aliphatic rings. The van der Waals surface area contributed by atoms with Gasteiger partial charge in [-0.2, -0.15) is 0 Å². The molecule has 0 atom stereocenters. The van der Waals surface area contributed by atoms with Crippen LogP contribution >= 0.6 is 0 Å². The molecule has 0 spiro atoms. The van der Waals surface area contributed by atoms with Crippen LogP contribution < -0.4 is 10.1 Å². The highest BCUT2D eigenvalue weighted by molar-refractivity contribution is 6.04. The van der Waals surface area contributed by atoms with Crippen LogP contribution in [0.5, 0.6) is 11.6 Å². The lowest BCUT2D eigenvalue weighted by Gasteiger charge is -2.13. The number of ether oxygens (including phenoxy) is 1. The molecule has 2 aromatic heterocycles. The first-order chi connectivity index (χ1) is 14.2. The van der Waals surface area contributed by atoms with Gasteiger partial charge in [0, 0.05) is 23.6 Å². The average Bonchev–Trinajstić information content (AvgIpc) is 2.77. The fraction of sp³-hybridized carbons (Fsp3) is 0.0435. The average molecular weight is 382 g/mol. The number of aryl methyl sites for hydroxylation is 1. The van der Waals surface area contributed by atoms with Gasteiger partial charge in [-0.3, -0.25) is 4.79 Å². The van der Waals surface area contributed by atoms with Gasteiger partial charge in [0.15, 0.2) is 0 Å². The monoisotopic (exact) mass is 382 g/mol. The highest BCUT2D eigenvalue weighted by Crippen LogP contribution is 2.32. The van der Waals surface area contributed by atoms with Gasteiger partial charge >= 0.3 is 0 Å². The van der Waals surface area contributed by atoms with Gasteiger partial charge in [-0.1, -0.05) is 24.3 Å². The van der Waals surface area contributed by atoms with E-state index in [2.05, 4.69) is 20.3 Å². The van der Waals surface area contributed by atoms with Crippen molar-refractivity contribution in [2.75, 3.05) is 5.32 Å². The van der Waals surface area contributed by atoms with Crippen LogP contribution in [0.2, 0.25) is 0 Å². The number of amides is 1. The highest BCUT2D eigenvalue weighted by Gasteiger charge is 2.14. The molecular formula is C23H18N4O2. The third kappa shape index (κ3) is 4.27. The van der Waals surface area contributed by atoms with E-state index in [1.54, 1.807) is 30.6 Å². The van der Waals surface area contributed by atoms with Gasteiger partial charge in [-0.15, -0.1) is 0 Å². The summed E-state index contributed by atoms with van der Waals surface area (Å²) in [5.41, 5.74) is 3.57. The van der Waals surface area contributed by atoms with Gasteiger partial charge in [-0.25, -0.2) is 15.0 Å². The summed E-state index contributed by atoms with van der Waals surface area (Å²) in [5.74, 6) is 0.757. The molecule has 0 unspecified atom stereocenters. The zero-order chi connectivity index (χ0) is 20.1. The summed E-state index contributed by atoms with van der Waals surface area (Å²) in [5, 5.41) is 2.88. The molecule has 0 bridgehead atoms. The summed E-state index contributed by atoms with van der Waals surface area (Å²) in [6, 6.07) is 20.1. The molecule has 6 nitrogen and oxygen atoms in total. The van der Waals surface area contributed by atoms with E-state index in [0.717, 1.165) is 16.8 Å². The number of nitrogens with one attached hydrogen (secondary N) is 1. The van der Waals surface area contributed by atoms with Crippen LogP contribution in [-0.4, -0.2) is 20.9 Å². The van der Waals surface area contributed by atoms with Crippen molar-refractivity contribution in [2.45, 2.75) is 6.92 Å². The van der Waals surface area contributed by atoms with Crippen molar-refractivity contribution < 1.29 is 9.53 Å². The lowest BCUT2D eigenvalue weighted by atomic mass is 10.1. The Balaban J connectivity index is 1.62. The summed E-state index contributed by atoms with van der Waals surface area (Å²) in [7, 11) is 0. The first kappa shape index (κ1) is 18.3. The van der Waals surface area contributed by atoms with Crippen molar-refractivity contribution in [3.05, 3.63) is 96.6 Å². The Labute approximate surface area is 168 Å². The van der Waals surface area contributed by atoms with Crippen LogP contribution in [0.1, 0.15) is 15.9 Å². The molecule has 1 amide bonds. The summed E-state index contributed by atoms with van der Waals surface area (Å²) in [6.45, 7) is 1.92. The van der Waals surface area contributed by atoms with Crippen molar-refractivity contribution in [1.82, 2.24) is 15.0 Å². The van der Waals surface area contributed by atoms with Gasteiger partial charge < -0.3 is 10.1 Å². The van der Waals surface area contributed by atoms with Gasteiger partial charge in [-0.05, 0) is 55.0 Å². The predicted molar refractivity (Wildman–Crippen MR) is 111 cm³/mol. The molecule has 0 aliphatic heterocycles. The number of carbonyl (C=O) groups excluding carboxylic acids is 1. The highest BCUT2D eigenvalue weighted by atomic mass is 16.5. The molecule has 0 saturated carbocycles. The van der Waals surface area contributed by atoms with E-state index in [-0.39, 0.29) is 5.91 Å². The van der Waals surface area contributed by atoms with E-state index < -0.39 is 0 Å². The standard InChI is InChI=1S/C23H18N4O2/c1-16-9-10-17(22(28)27-18-6-3-2-4-7-18)14-21(16)29-23-19(8-5-12-25-23)20-11-13-24-15-26-20/h2-15H,1H3,(H,27,28). The molecule has 0 fully saturated rings. The second-order valence-electron chi connectivity index (χ2n) is 6.35. The lowest BCUT2D eigenvalue weighted by Crippen LogP contribution is -2.12. The van der Waals surface area contributed by atoms with E-state index in [1.165, 1.54) is 6.33 Å². The van der Waals surface area contributed by atoms with E-state index in [4.69, 9.17) is 4.74 Å². The summed E-state index contributed by atoms with van der Waals surface area (Å²) in [4.78, 5) is 25.2. The summed E-state index contributed by atoms with van der Waals surface area (Å²) in [6.07, 6.45) is 4.80. The van der Waals surface area contributed by atoms with Gasteiger partial charge in [0.25, 0.3) is 5.91 Å². The minimum Gasteiger partial charge on any atom is -0.438 e. The number of para-hydroxylation sites is 1. The number of hydrogen-bond acceptors (Lipinski definition) is 5. The topological polar surface area (TPSA) is 77.0 Å². The van der Waals surface area contributed by atoms with Crippen molar-refractivity contribution in [3.8, 4) is 22.9 Å². The normalized spacial score (nSPS) is 10.4. The van der Waals surface area contributed by atoms with Crippen molar-refractivity contribution in [2.24, 2.45) is 0 Å². The maximum absolute atomic E-state index is 12.6. The summed E-state index contributed by atoms with van der Waals surface area (Å²) >= 11 is 0. The van der Waals surface area contributed by atoms with Crippen LogP contribution in [0, 0.1) is 6.92 Å². The number of benzene rings is 2. The van der Waals surface area contributed by atoms with Gasteiger partial charge in [0.2, 0.25) is 5.88 Å². The minimum absolute atomic E-state index is 0.210. The fourth-order valence-electron chi connectivity index (χ4n) is 2.80. The quantitative estimate of drug-likeness (QED) is 0.532. The Morgan fingerprint density at radius 1 is 0.931 bits per heavy atom. The van der Waals surface area contributed by atoms with Crippen LogP contribution in [0.25, 0.3) is 11.3 Å². The number of rotatable bonds is 5. The Bertz CT molecular complexity index is 1130. The molecule has 2 heterocycles. The van der Waals surface area contributed by atoms with Crippen molar-refractivity contribution >= 4 is 11.6 Å². The number of nitrogens with zero attached hydrogens (tertiary/aromatic N) is 3. The number of hydrogen-bond donors (Lipinski definition) is 1. The predicted octanol–water partition coefficient (Wildman–Crippen LogP) is 4.89. The van der Waals surface area contributed by atoms with Gasteiger partial charge in [0.1, 0.15) is 12.1 Å². The van der Waals surface area contributed by atoms with Crippen molar-refractivity contribution in [1.29, 1.82) is 0 Å². The number of carbonyl (C=O) groups is 1. The van der Waals surface area contributed by atoms with Gasteiger partial charge in [0.05, 0.1) is 11.3 Å². The largest absolute Gasteiger partial charge is 0.438 e. The Morgan fingerprint density at radius 3 is 2.59 bits per heavy atom. The van der Waals surface area contributed by atoms with Crippen LogP contribution in [0.3, 0.4) is 0 Å². The molecule has 142 valence electrons. The SMILES string of the molecule is Cc1ccc(C(=O)Nc2ccccc2)cc1Oc1ncccc1-c1ccncn1. The van der Waals surface area contributed by atoms with E-state index in [9.17, 15) is 4.79 Å². The molecule has 0 radical (unpaired) electrons. The Morgan fingerprint density at radius 2 is 1.79 bits per heavy atom. The Kier molecular flexibility index (Phi) is 5.25. The zero-order valence-electron chi connectivity index (χ0n) is 15.7. The third-order valence-corrected chi connectivity index (χ3v) is 4.32. The maximum Gasteiger partial charge on any atom is 0.255 e. The van der Waals surface area contributed by atoms with E-state index >= 15 is 0 Å². The van der Waals surface area contributed by atoms with Crippen LogP contribution in [0.4, 0.5) is 5.69 Å². The molecular weight excluding hydrogens is 364 g/mol. The third-order valence-electron chi connectivity index (χ3n) is 4.32. The molecule has 2 aromatic carbocycles. The minimum atomic E-state index is -0.210. The van der Waals surface area contributed by atoms with Crippen LogP contribution in [-0.2, 0) is 0 Å². The first-order valence-electron chi connectivity index (χ1n) is 9.07. The van der Waals surface area contributed by atoms with E-state index in [0.29, 0.717) is 22.9 Å². The molecule has 1 N–H and O–H groups in total. The first-order valence-corrected chi connectivity index (χ1v) is 9.07. The summed E-state index contributed by atoms with van der Waals surface area (Å²) < 4.78 is 6.08. The lowest BCUT2D eigenvalue weighted by molar-refractivity contribution is 0.102. The fourth-order valence-corrected chi connectivity index (χ4v) is 2.80. The second kappa shape index (κ2) is 8.31. The number of anilines is 1. The number of pyridine rings is 1. The molecule has 6 heteroatoms. The van der Waals surface area contributed by atoms with Crippen LogP contribution in [0.15, 0.2) is 85.5 Å². The molecule has 0 aliphatic carbocycles. The second-order valence-corrected chi connectivity index (χ2v) is 6.35. The van der Waals surface area contributed by atoms with Crippen molar-refractivity contribution in [3.63, 3.8) is 0 Å². The molecule has 4 rings (SSSR count). The Hall–Kier alpha value is -4.06. The molecule has 0 saturated heterocycles. The van der Waals surface area contributed by atoms with E-state index in [1.807, 2.05) is 55.5 Å². The molecule has 4 aromatic rings. The smallest absolute Gasteiger partial charge is 0.255 e.